The fourth-order valence-corrected chi connectivity index (χ4v) is 3.44. The lowest BCUT2D eigenvalue weighted by atomic mass is 10.1. The second-order valence-corrected chi connectivity index (χ2v) is 7.51. The average molecular weight is 437 g/mol. The molecule has 3 rings (SSSR count). The summed E-state index contributed by atoms with van der Waals surface area (Å²) in [6.07, 6.45) is 3.09. The maximum Gasteiger partial charge on any atom is 0.251 e. The number of methoxy groups -OCH3 is 1. The molecule has 1 heterocycles. The number of anilines is 1. The van der Waals surface area contributed by atoms with Gasteiger partial charge in [-0.1, -0.05) is 6.07 Å². The first-order valence-electron chi connectivity index (χ1n) is 9.34. The molecule has 0 aliphatic heterocycles. The van der Waals surface area contributed by atoms with Gasteiger partial charge in [0.15, 0.2) is 18.1 Å². The number of rotatable bonds is 8. The smallest absolute Gasteiger partial charge is 0.251 e. The van der Waals surface area contributed by atoms with Crippen LogP contribution in [0.25, 0.3) is 6.08 Å². The number of aromatic nitrogens is 1. The molecule has 0 bridgehead atoms. The summed E-state index contributed by atoms with van der Waals surface area (Å²) in [7, 11) is 1.50. The van der Waals surface area contributed by atoms with Gasteiger partial charge in [-0.25, -0.2) is 9.37 Å². The summed E-state index contributed by atoms with van der Waals surface area (Å²) in [6, 6.07) is 12.8. The normalized spacial score (nSPS) is 10.6. The number of hydrogen-bond acceptors (Lipinski definition) is 6. The van der Waals surface area contributed by atoms with Crippen LogP contribution in [0, 0.1) is 24.1 Å². The molecule has 0 aliphatic rings. The van der Waals surface area contributed by atoms with Gasteiger partial charge in [-0.15, -0.1) is 11.3 Å². The topological polar surface area (TPSA) is 75.4 Å². The fourth-order valence-electron chi connectivity index (χ4n) is 2.83. The van der Waals surface area contributed by atoms with Crippen LogP contribution in [0.3, 0.4) is 0 Å². The number of thiazole rings is 1. The van der Waals surface area contributed by atoms with Gasteiger partial charge in [0.05, 0.1) is 24.4 Å². The number of ether oxygens (including phenoxy) is 2. The summed E-state index contributed by atoms with van der Waals surface area (Å²) in [5.41, 5.74) is 2.05. The van der Waals surface area contributed by atoms with E-state index in [-0.39, 0.29) is 24.9 Å². The van der Waals surface area contributed by atoms with Crippen LogP contribution >= 0.6 is 11.3 Å². The van der Waals surface area contributed by atoms with E-state index in [4.69, 9.17) is 14.7 Å². The van der Waals surface area contributed by atoms with Crippen molar-refractivity contribution in [1.82, 2.24) is 4.98 Å². The van der Waals surface area contributed by atoms with Crippen LogP contribution in [0.2, 0.25) is 0 Å². The minimum absolute atomic E-state index is 0.0905. The van der Waals surface area contributed by atoms with Crippen molar-refractivity contribution in [2.45, 2.75) is 13.5 Å². The Hall–Kier alpha value is -3.70. The zero-order valence-corrected chi connectivity index (χ0v) is 17.9. The third-order valence-corrected chi connectivity index (χ3v) is 5.11. The number of nitrogens with zero attached hydrogens (tertiary/aromatic N) is 3. The molecule has 0 aliphatic carbocycles. The molecule has 3 aromatic rings. The molecule has 0 saturated carbocycles. The number of nitriles is 1. The zero-order valence-electron chi connectivity index (χ0n) is 17.0. The highest BCUT2D eigenvalue weighted by atomic mass is 32.1. The van der Waals surface area contributed by atoms with Gasteiger partial charge in [0, 0.05) is 17.1 Å². The Kier molecular flexibility index (Phi) is 7.35. The fraction of sp³-hybridized carbons (Fsp3) is 0.174. The second-order valence-electron chi connectivity index (χ2n) is 6.45. The largest absolute Gasteiger partial charge is 0.493 e. The van der Waals surface area contributed by atoms with Gasteiger partial charge < -0.3 is 14.4 Å². The minimum atomic E-state index is -0.373. The first kappa shape index (κ1) is 22.0. The highest BCUT2D eigenvalue weighted by Gasteiger charge is 2.16. The van der Waals surface area contributed by atoms with E-state index in [9.17, 15) is 9.18 Å². The van der Waals surface area contributed by atoms with E-state index < -0.39 is 0 Å². The molecule has 0 N–H and O–H groups in total. The van der Waals surface area contributed by atoms with Gasteiger partial charge in [0.1, 0.15) is 11.9 Å². The van der Waals surface area contributed by atoms with Crippen molar-refractivity contribution >= 4 is 29.0 Å². The maximum absolute atomic E-state index is 13.4. The van der Waals surface area contributed by atoms with E-state index in [2.05, 4.69) is 4.98 Å². The summed E-state index contributed by atoms with van der Waals surface area (Å²) in [5, 5.41) is 11.5. The Morgan fingerprint density at radius 2 is 2.03 bits per heavy atom. The highest BCUT2D eigenvalue weighted by molar-refractivity contribution is 7.09. The Morgan fingerprint density at radius 1 is 1.26 bits per heavy atom. The van der Waals surface area contributed by atoms with Crippen LogP contribution in [0.5, 0.6) is 11.5 Å². The molecule has 31 heavy (non-hydrogen) atoms. The number of aryl methyl sites for hydroxylation is 1. The molecule has 1 amide bonds. The number of halogens is 1. The number of carbonyl (C=O) groups excluding carboxylic acids is 1. The summed E-state index contributed by atoms with van der Waals surface area (Å²) >= 11 is 1.50. The molecule has 158 valence electrons. The van der Waals surface area contributed by atoms with E-state index in [1.165, 1.54) is 41.6 Å². The van der Waals surface area contributed by atoms with Gasteiger partial charge in [-0.2, -0.15) is 5.26 Å². The van der Waals surface area contributed by atoms with E-state index in [1.54, 1.807) is 36.4 Å². The molecule has 6 nitrogen and oxygen atoms in total. The van der Waals surface area contributed by atoms with Gasteiger partial charge >= 0.3 is 0 Å². The first-order valence-corrected chi connectivity index (χ1v) is 10.2. The quantitative estimate of drug-likeness (QED) is 0.476. The Labute approximate surface area is 183 Å². The summed E-state index contributed by atoms with van der Waals surface area (Å²) in [6.45, 7) is 2.08. The van der Waals surface area contributed by atoms with Crippen molar-refractivity contribution in [3.63, 3.8) is 0 Å². The van der Waals surface area contributed by atoms with Crippen molar-refractivity contribution < 1.29 is 18.7 Å². The summed E-state index contributed by atoms with van der Waals surface area (Å²) in [4.78, 5) is 19.0. The maximum atomic E-state index is 13.4. The molecule has 0 fully saturated rings. The Bertz CT molecular complexity index is 1120. The molecule has 0 radical (unpaired) electrons. The van der Waals surface area contributed by atoms with Crippen molar-refractivity contribution in [1.29, 1.82) is 5.26 Å². The lowest BCUT2D eigenvalue weighted by Crippen LogP contribution is -2.28. The molecule has 2 aromatic carbocycles. The van der Waals surface area contributed by atoms with Crippen LogP contribution in [0.4, 0.5) is 10.1 Å². The molecule has 0 unspecified atom stereocenters. The van der Waals surface area contributed by atoms with Crippen LogP contribution in [0.1, 0.15) is 16.3 Å². The van der Waals surface area contributed by atoms with Gasteiger partial charge in [-0.3, -0.25) is 4.79 Å². The Morgan fingerprint density at radius 3 is 2.68 bits per heavy atom. The predicted octanol–water partition coefficient (Wildman–Crippen LogP) is 4.75. The molecular weight excluding hydrogens is 417 g/mol. The second kappa shape index (κ2) is 10.4. The lowest BCUT2D eigenvalue weighted by molar-refractivity contribution is -0.114. The highest BCUT2D eigenvalue weighted by Crippen LogP contribution is 2.28. The number of amides is 1. The molecule has 0 saturated heterocycles. The van der Waals surface area contributed by atoms with Crippen molar-refractivity contribution in [3.8, 4) is 17.6 Å². The zero-order chi connectivity index (χ0) is 22.2. The third-order valence-electron chi connectivity index (χ3n) is 4.29. The van der Waals surface area contributed by atoms with Gasteiger partial charge in [0.2, 0.25) is 0 Å². The van der Waals surface area contributed by atoms with Crippen molar-refractivity contribution in [2.75, 3.05) is 18.6 Å². The van der Waals surface area contributed by atoms with E-state index in [1.807, 2.05) is 18.4 Å². The molecule has 1 aromatic heterocycles. The standard InChI is InChI=1S/C23H20FN3O3S/c1-16-26-19(15-31-16)14-27(20-7-5-18(24)6-8-20)23(28)10-4-17-3-9-21(30-12-11-25)22(13-17)29-2/h3-10,13,15H,12,14H2,1-2H3/b10-4+. The number of hydrogen-bond donors (Lipinski definition) is 0. The van der Waals surface area contributed by atoms with Gasteiger partial charge in [-0.05, 0) is 55.0 Å². The van der Waals surface area contributed by atoms with Crippen molar-refractivity contribution in [2.24, 2.45) is 0 Å². The van der Waals surface area contributed by atoms with E-state index >= 15 is 0 Å². The van der Waals surface area contributed by atoms with Crippen LogP contribution in [-0.4, -0.2) is 24.6 Å². The molecule has 8 heteroatoms. The molecule has 0 atom stereocenters. The average Bonchev–Trinajstić information content (AvgIpc) is 3.20. The third kappa shape index (κ3) is 5.90. The first-order chi connectivity index (χ1) is 15.0. The Balaban J connectivity index is 1.83. The van der Waals surface area contributed by atoms with Crippen LogP contribution in [-0.2, 0) is 11.3 Å². The lowest BCUT2D eigenvalue weighted by Gasteiger charge is -2.20. The number of carbonyl (C=O) groups is 1. The predicted molar refractivity (Wildman–Crippen MR) is 118 cm³/mol. The molecule has 0 spiro atoms. The summed E-state index contributed by atoms with van der Waals surface area (Å²) in [5.74, 6) is 0.251. The molecular formula is C23H20FN3O3S. The van der Waals surface area contributed by atoms with Crippen LogP contribution in [0.15, 0.2) is 53.9 Å². The van der Waals surface area contributed by atoms with E-state index in [0.29, 0.717) is 17.2 Å². The van der Waals surface area contributed by atoms with Gasteiger partial charge in [0.25, 0.3) is 5.91 Å². The SMILES string of the molecule is COc1cc(/C=C/C(=O)N(Cc2csc(C)n2)c2ccc(F)cc2)ccc1OCC#N. The van der Waals surface area contributed by atoms with Crippen molar-refractivity contribution in [3.05, 3.63) is 76.0 Å². The minimum Gasteiger partial charge on any atom is -0.493 e. The number of benzene rings is 2. The van der Waals surface area contributed by atoms with Crippen LogP contribution < -0.4 is 14.4 Å². The monoisotopic (exact) mass is 437 g/mol. The van der Waals surface area contributed by atoms with E-state index in [0.717, 1.165) is 16.3 Å². The summed E-state index contributed by atoms with van der Waals surface area (Å²) < 4.78 is 24.0.